The average molecular weight is 911 g/mol. The molecule has 0 aliphatic carbocycles. The van der Waals surface area contributed by atoms with E-state index >= 15 is 0 Å². The number of benzene rings is 1. The normalized spacial score (nSPS) is 24.8. The highest BCUT2D eigenvalue weighted by Crippen LogP contribution is 2.44. The Morgan fingerprint density at radius 1 is 0.903 bits per heavy atom. The highest BCUT2D eigenvalue weighted by molar-refractivity contribution is 7.32. The molecule has 2 saturated heterocycles. The summed E-state index contributed by atoms with van der Waals surface area (Å²) in [6.45, 7) is 11.6. The zero-order chi connectivity index (χ0) is 44.3. The first-order valence-electron chi connectivity index (χ1n) is 20.1. The molecule has 1 amide bonds. The van der Waals surface area contributed by atoms with Crippen LogP contribution in [0.4, 0.5) is 5.82 Å². The smallest absolute Gasteiger partial charge is 0.408 e. The van der Waals surface area contributed by atoms with E-state index in [2.05, 4.69) is 63.8 Å². The molecule has 20 nitrogen and oxygen atoms in total. The number of nitrogens with zero attached hydrogens (tertiary/aromatic N) is 9. The first kappa shape index (κ1) is 45.6. The number of allylic oxidation sites excluding steroid dienone is 1. The molecule has 9 atom stereocenters. The lowest BCUT2D eigenvalue weighted by atomic mass is 10.0. The van der Waals surface area contributed by atoms with Crippen LogP contribution in [0.5, 0.6) is 0 Å². The number of hydrogen-bond donors (Lipinski definition) is 3. The van der Waals surface area contributed by atoms with Gasteiger partial charge < -0.3 is 24.1 Å². The summed E-state index contributed by atoms with van der Waals surface area (Å²) >= 11 is 0. The third-order valence-corrected chi connectivity index (χ3v) is 17.0. The predicted molar refractivity (Wildman–Crippen MR) is 227 cm³/mol. The molecule has 0 spiro atoms. The minimum absolute atomic E-state index is 0.105. The number of fused-ring (bicyclic) bond motifs is 2. The van der Waals surface area contributed by atoms with Gasteiger partial charge in [-0.05, 0) is 43.1 Å². The molecule has 0 bridgehead atoms. The maximum absolute atomic E-state index is 14.2. The van der Waals surface area contributed by atoms with E-state index in [9.17, 15) is 29.0 Å². The summed E-state index contributed by atoms with van der Waals surface area (Å²) in [5, 5.41) is 20.1. The van der Waals surface area contributed by atoms with E-state index < -0.39 is 68.2 Å². The van der Waals surface area contributed by atoms with Gasteiger partial charge >= 0.3 is 16.9 Å². The van der Waals surface area contributed by atoms with Crippen molar-refractivity contribution in [3.8, 4) is 0 Å². The van der Waals surface area contributed by atoms with Crippen molar-refractivity contribution in [3.63, 3.8) is 0 Å². The number of carbonyl (C=O) groups is 1. The number of aryl methyl sites for hydroxylation is 1. The highest BCUT2D eigenvalue weighted by atomic mass is 31.1. The van der Waals surface area contributed by atoms with Gasteiger partial charge in [-0.3, -0.25) is 23.4 Å². The third kappa shape index (κ3) is 9.16. The second-order valence-corrected chi connectivity index (χ2v) is 22.4. The Morgan fingerprint density at radius 3 is 2.18 bits per heavy atom. The van der Waals surface area contributed by atoms with Crippen LogP contribution in [-0.4, -0.2) is 119 Å². The van der Waals surface area contributed by atoms with Gasteiger partial charge in [0.25, 0.3) is 5.91 Å². The van der Waals surface area contributed by atoms with E-state index in [1.165, 1.54) is 30.2 Å². The molecule has 1 aromatic carbocycles. The molecule has 6 heterocycles. The number of aliphatic hydroxyl groups is 2. The van der Waals surface area contributed by atoms with Crippen LogP contribution in [0.25, 0.3) is 22.3 Å². The van der Waals surface area contributed by atoms with E-state index in [1.807, 2.05) is 18.2 Å². The zero-order valence-corrected chi connectivity index (χ0v) is 37.8. The predicted octanol–water partition coefficient (Wildman–Crippen LogP) is 5.23. The molecule has 62 heavy (non-hydrogen) atoms. The molecule has 4 aromatic heterocycles. The van der Waals surface area contributed by atoms with Crippen LogP contribution in [0, 0.1) is 5.92 Å². The van der Waals surface area contributed by atoms with Crippen LogP contribution in [0.3, 0.4) is 0 Å². The standard InChI is InChI=1S/C39H49N9O11P2Si/c1-23-26(17-49)55-37(30(23)58-61(53)54)47-21-44-28-25(40-19-41-33(28)47)15-11-8-12-16-46(36(51)24-13-9-7-10-14-24)34-29-35(43-20-42-34)48(22-45-29)38-32(57-60-52)31(27(18-50)56-38)59-62(5,6)39(2,3)4/h7-10,12-14,19-23,26-27,30-32,37-38,49-50H,11,15-18H2,1-6H3/p+1/b12-8+/t23-,26-,27-,30-,31-,32-,37-,38-/m1/s1. The van der Waals surface area contributed by atoms with Gasteiger partial charge in [0, 0.05) is 22.6 Å². The maximum Gasteiger partial charge on any atom is 0.695 e. The quantitative estimate of drug-likeness (QED) is 0.0613. The Bertz CT molecular complexity index is 2420. The van der Waals surface area contributed by atoms with Crippen LogP contribution in [-0.2, 0) is 38.5 Å². The van der Waals surface area contributed by atoms with Gasteiger partial charge in [-0.1, -0.05) is 58.0 Å². The zero-order valence-electron chi connectivity index (χ0n) is 35.0. The first-order chi connectivity index (χ1) is 29.7. The molecule has 330 valence electrons. The lowest BCUT2D eigenvalue weighted by Gasteiger charge is -2.40. The van der Waals surface area contributed by atoms with Crippen molar-refractivity contribution < 1.29 is 52.0 Å². The number of rotatable bonds is 17. The van der Waals surface area contributed by atoms with Crippen LogP contribution in [0.15, 0.2) is 67.8 Å². The van der Waals surface area contributed by atoms with Crippen LogP contribution in [0.2, 0.25) is 18.1 Å². The maximum atomic E-state index is 14.2. The van der Waals surface area contributed by atoms with Crippen molar-refractivity contribution in [3.05, 3.63) is 79.1 Å². The summed E-state index contributed by atoms with van der Waals surface area (Å²) < 4.78 is 56.9. The number of anilines is 1. The average Bonchev–Trinajstić information content (AvgIpc) is 4.03. The Kier molecular flexibility index (Phi) is 14.1. The van der Waals surface area contributed by atoms with Crippen molar-refractivity contribution >= 4 is 59.3 Å². The van der Waals surface area contributed by atoms with E-state index in [0.29, 0.717) is 46.4 Å². The summed E-state index contributed by atoms with van der Waals surface area (Å²) in [5.74, 6) is -0.486. The minimum atomic E-state index is -2.94. The number of carbonyl (C=O) groups excluding carboxylic acids is 1. The number of imidazole rings is 2. The Hall–Kier alpha value is -4.37. The number of amides is 1. The first-order valence-corrected chi connectivity index (χ1v) is 24.8. The molecule has 7 rings (SSSR count). The summed E-state index contributed by atoms with van der Waals surface area (Å²) in [4.78, 5) is 52.4. The van der Waals surface area contributed by atoms with E-state index in [1.54, 1.807) is 40.3 Å². The van der Waals surface area contributed by atoms with E-state index in [4.69, 9.17) is 22.9 Å². The van der Waals surface area contributed by atoms with Crippen LogP contribution in [0.1, 0.15) is 62.6 Å². The Morgan fingerprint density at radius 2 is 1.53 bits per heavy atom. The van der Waals surface area contributed by atoms with Gasteiger partial charge in [0.05, 0.1) is 37.7 Å². The summed E-state index contributed by atoms with van der Waals surface area (Å²) in [7, 11) is -5.96. The van der Waals surface area contributed by atoms with Crippen LogP contribution < -0.4 is 4.90 Å². The molecule has 3 N–H and O–H groups in total. The lowest BCUT2D eigenvalue weighted by Crippen LogP contribution is -2.49. The summed E-state index contributed by atoms with van der Waals surface area (Å²) in [5.41, 5.74) is 2.62. The Balaban J connectivity index is 1.13. The van der Waals surface area contributed by atoms with Gasteiger partial charge in [-0.2, -0.15) is 0 Å². The summed E-state index contributed by atoms with van der Waals surface area (Å²) in [6.07, 6.45) is 4.72. The molecular formula is C39H50N9O11P2Si+. The lowest BCUT2D eigenvalue weighted by molar-refractivity contribution is -0.0471. The molecule has 2 aliphatic rings. The van der Waals surface area contributed by atoms with Crippen molar-refractivity contribution in [2.24, 2.45) is 5.92 Å². The number of hydrogen-bond acceptors (Lipinski definition) is 16. The fourth-order valence-corrected chi connectivity index (χ4v) is 9.60. The molecule has 2 fully saturated rings. The second kappa shape index (κ2) is 19.2. The minimum Gasteiger partial charge on any atom is -0.408 e. The van der Waals surface area contributed by atoms with Crippen molar-refractivity contribution in [2.45, 2.75) is 102 Å². The highest BCUT2D eigenvalue weighted by Gasteiger charge is 2.52. The van der Waals surface area contributed by atoms with Gasteiger partial charge in [0.1, 0.15) is 36.5 Å². The number of ether oxygens (including phenoxy) is 2. The monoisotopic (exact) mass is 910 g/mol. The van der Waals surface area contributed by atoms with Crippen molar-refractivity contribution in [1.29, 1.82) is 0 Å². The van der Waals surface area contributed by atoms with Crippen LogP contribution >= 0.6 is 16.9 Å². The van der Waals surface area contributed by atoms with Gasteiger partial charge in [0.2, 0.25) is 0 Å². The van der Waals surface area contributed by atoms with E-state index in [0.717, 1.165) is 0 Å². The fourth-order valence-electron chi connectivity index (χ4n) is 7.45. The molecule has 0 saturated carbocycles. The van der Waals surface area contributed by atoms with E-state index in [-0.39, 0.29) is 42.4 Å². The SMILES string of the molecule is C[C@H]1[C@@H](O[P+](=O)O)[C@H](n2cnc3c(CC/C=C/CN(C(=O)c4ccccc4)c4ncnc5c4ncn5[C@@H]4O[C@H](CO)[C@@H](O[Si](C)(C)C(C)(C)C)[C@H]4OP=O)ncnc32)O[C@@H]1CO. The molecule has 2 aliphatic heterocycles. The largest absolute Gasteiger partial charge is 0.695 e. The second-order valence-electron chi connectivity index (χ2n) is 16.6. The third-order valence-electron chi connectivity index (χ3n) is 11.8. The fraction of sp³-hybridized carbons (Fsp3) is 0.513. The van der Waals surface area contributed by atoms with Gasteiger partial charge in [-0.15, -0.1) is 9.42 Å². The summed E-state index contributed by atoms with van der Waals surface area (Å²) in [6, 6.07) is 8.78. The van der Waals surface area contributed by atoms with Gasteiger partial charge in [-0.25, -0.2) is 34.5 Å². The van der Waals surface area contributed by atoms with Crippen molar-refractivity contribution in [1.82, 2.24) is 39.0 Å². The topological polar surface area (TPSA) is 248 Å². The molecule has 23 heteroatoms. The number of aromatic nitrogens is 8. The van der Waals surface area contributed by atoms with Crippen molar-refractivity contribution in [2.75, 3.05) is 24.7 Å². The molecule has 1 unspecified atom stereocenters. The number of aliphatic hydroxyl groups excluding tert-OH is 2. The molecule has 0 radical (unpaired) electrons. The molecular weight excluding hydrogens is 861 g/mol. The molecule has 5 aromatic rings. The van der Waals surface area contributed by atoms with Gasteiger partial charge in [0.15, 0.2) is 49.5 Å². The Labute approximate surface area is 360 Å².